The Labute approximate surface area is 162 Å². The molecule has 5 heavy (non-hydrogen) atoms. The molecule has 0 rings (SSSR count). The number of rotatable bonds is 0. The molecule has 0 saturated carbocycles. The van der Waals surface area contributed by atoms with Crippen LogP contribution in [-0.2, 0) is 0 Å². The second-order valence-corrected chi connectivity index (χ2v) is 0. The van der Waals surface area contributed by atoms with E-state index in [2.05, 4.69) is 0 Å². The van der Waals surface area contributed by atoms with Crippen LogP contribution in [0.1, 0.15) is 0 Å². The van der Waals surface area contributed by atoms with Gasteiger partial charge in [0, 0.05) is 168 Å². The first-order valence-electron chi connectivity index (χ1n) is 0. The molecule has 0 fully saturated rings. The first kappa shape index (κ1) is 31.6. The second kappa shape index (κ2) is 22.8. The molecule has 0 bridgehead atoms. The van der Waals surface area contributed by atoms with Gasteiger partial charge >= 0.3 is 0 Å². The summed E-state index contributed by atoms with van der Waals surface area (Å²) in [7, 11) is 0. The van der Waals surface area contributed by atoms with Gasteiger partial charge in [0.25, 0.3) is 0 Å². The zero-order valence-corrected chi connectivity index (χ0v) is 19.0. The van der Waals surface area contributed by atoms with Crippen LogP contribution in [0.4, 0.5) is 0 Å². The van der Waals surface area contributed by atoms with Crippen molar-refractivity contribution in [3.8, 4) is 0 Å². The van der Waals surface area contributed by atoms with Crippen molar-refractivity contribution in [2.45, 2.75) is 0 Å². The Hall–Kier alpha value is 5.36. The summed E-state index contributed by atoms with van der Waals surface area (Å²) in [6.07, 6.45) is 0. The maximum Gasteiger partial charge on any atom is 0 e. The van der Waals surface area contributed by atoms with Gasteiger partial charge in [-0.2, -0.15) is 0 Å². The van der Waals surface area contributed by atoms with Gasteiger partial charge in [0.2, 0.25) is 0 Å². The molecule has 0 aliphatic rings. The Kier molecular flexibility index (Phi) is 144. The summed E-state index contributed by atoms with van der Waals surface area (Å²) < 4.78 is 0. The quantitative estimate of drug-likeness (QED) is 0.291. The van der Waals surface area contributed by atoms with Crippen LogP contribution in [0.15, 0.2) is 0 Å². The van der Waals surface area contributed by atoms with E-state index < -0.39 is 0 Å². The van der Waals surface area contributed by atoms with Gasteiger partial charge in [-0.3, -0.25) is 0 Å². The molecule has 0 heterocycles. The van der Waals surface area contributed by atoms with E-state index in [9.17, 15) is 0 Å². The predicted octanol–water partition coefficient (Wildman–Crippen LogP) is -0.381. The molecule has 19 valence electrons. The van der Waals surface area contributed by atoms with Crippen molar-refractivity contribution < 1.29 is 160 Å². The zero-order valence-electron chi connectivity index (χ0n) is 2.58. The molecule has 0 aliphatic heterocycles. The van der Waals surface area contributed by atoms with Crippen molar-refractivity contribution in [1.29, 1.82) is 0 Å². The first-order chi connectivity index (χ1) is 0. The molecule has 0 aromatic carbocycles. The minimum Gasteiger partial charge on any atom is 0 e. The fraction of sp³-hybridized carbons (Fsp3) is 0. The minimum atomic E-state index is 0. The standard InChI is InChI=1S/B.4Th. The molecule has 0 amide bonds. The van der Waals surface area contributed by atoms with E-state index >= 15 is 0 Å². The van der Waals surface area contributed by atoms with Gasteiger partial charge in [-0.1, -0.05) is 0 Å². The monoisotopic (exact) mass is 939 g/mol. The molecule has 0 aromatic rings. The van der Waals surface area contributed by atoms with Gasteiger partial charge < -0.3 is 0 Å². The molecule has 3 radical (unpaired) electrons. The Morgan fingerprint density at radius 3 is 0.400 bits per heavy atom. The average molecular weight is 939 g/mol. The Balaban J connectivity index is 0. The Morgan fingerprint density at radius 2 is 0.400 bits per heavy atom. The molecule has 5 heteroatoms. The van der Waals surface area contributed by atoms with Crippen molar-refractivity contribution in [2.24, 2.45) is 0 Å². The van der Waals surface area contributed by atoms with Gasteiger partial charge in [0.15, 0.2) is 0 Å². The maximum atomic E-state index is 0. The second-order valence-electron chi connectivity index (χ2n) is 0. The van der Waals surface area contributed by atoms with Crippen molar-refractivity contribution in [1.82, 2.24) is 0 Å². The Morgan fingerprint density at radius 1 is 0.400 bits per heavy atom. The largest absolute Gasteiger partial charge is 0 e. The van der Waals surface area contributed by atoms with Gasteiger partial charge in [0.1, 0.15) is 0 Å². The van der Waals surface area contributed by atoms with Gasteiger partial charge in [0.05, 0.1) is 0 Å². The van der Waals surface area contributed by atoms with Crippen LogP contribution < -0.4 is 0 Å². The van der Waals surface area contributed by atoms with Gasteiger partial charge in [-0.15, -0.1) is 0 Å². The summed E-state index contributed by atoms with van der Waals surface area (Å²) in [4.78, 5) is 0. The minimum absolute atomic E-state index is 0. The van der Waals surface area contributed by atoms with E-state index in [0.29, 0.717) is 0 Å². The third-order valence-electron chi connectivity index (χ3n) is 0. The van der Waals surface area contributed by atoms with E-state index in [1.165, 1.54) is 0 Å². The number of hydrogen-bond acceptors (Lipinski definition) is 0. The fourth-order valence-electron chi connectivity index (χ4n) is 0. The van der Waals surface area contributed by atoms with E-state index in [0.717, 1.165) is 0 Å². The Bertz CT molecular complexity index is 3.61. The fourth-order valence-corrected chi connectivity index (χ4v) is 0. The molecule has 0 aromatic heterocycles. The molecule has 0 nitrogen and oxygen atoms in total. The van der Waals surface area contributed by atoms with E-state index in [4.69, 9.17) is 0 Å². The maximum absolute atomic E-state index is 0. The van der Waals surface area contributed by atoms with Crippen LogP contribution >= 0.6 is 0 Å². The topological polar surface area (TPSA) is 0 Å². The van der Waals surface area contributed by atoms with Crippen molar-refractivity contribution in [2.75, 3.05) is 0 Å². The molecule has 0 saturated heterocycles. The summed E-state index contributed by atoms with van der Waals surface area (Å²) >= 11 is 0. The molecule has 0 atom stereocenters. The summed E-state index contributed by atoms with van der Waals surface area (Å²) in [6.45, 7) is 0. The van der Waals surface area contributed by atoms with Crippen LogP contribution in [0.25, 0.3) is 0 Å². The molecule has 0 aliphatic carbocycles. The summed E-state index contributed by atoms with van der Waals surface area (Å²) in [5, 5.41) is 0. The zero-order chi connectivity index (χ0) is 0. The average Bonchev–Trinajstić information content (AvgIpc) is 0. The van der Waals surface area contributed by atoms with Gasteiger partial charge in [-0.25, -0.2) is 0 Å². The van der Waals surface area contributed by atoms with E-state index in [1.807, 2.05) is 0 Å². The van der Waals surface area contributed by atoms with E-state index in [-0.39, 0.29) is 168 Å². The van der Waals surface area contributed by atoms with Gasteiger partial charge in [-0.05, 0) is 0 Å². The van der Waals surface area contributed by atoms with Crippen LogP contribution in [-0.4, -0.2) is 8.41 Å². The van der Waals surface area contributed by atoms with Crippen LogP contribution in [0.2, 0.25) is 0 Å². The third kappa shape index (κ3) is 17.6. The molecule has 0 N–H and O–H groups in total. The molecule has 0 spiro atoms. The summed E-state index contributed by atoms with van der Waals surface area (Å²) in [5.41, 5.74) is 0. The first-order valence-corrected chi connectivity index (χ1v) is 0. The molecular formula is BTh4. The smallest absolute Gasteiger partial charge is 0 e. The SMILES string of the molecule is [B].[Th].[Th].[Th].[Th]. The number of hydrogen-bond donors (Lipinski definition) is 0. The molecule has 0 unspecified atom stereocenters. The predicted molar refractivity (Wildman–Crippen MR) is 5.75 cm³/mol. The molecular weight excluding hydrogens is 939 g/mol. The third-order valence-corrected chi connectivity index (χ3v) is 0. The van der Waals surface area contributed by atoms with E-state index in [1.54, 1.807) is 0 Å². The van der Waals surface area contributed by atoms with Crippen LogP contribution in [0.5, 0.6) is 0 Å². The normalized spacial score (nSPS) is 0. The van der Waals surface area contributed by atoms with Crippen molar-refractivity contribution in [3.05, 3.63) is 0 Å². The summed E-state index contributed by atoms with van der Waals surface area (Å²) in [6, 6.07) is 0. The van der Waals surface area contributed by atoms with Crippen LogP contribution in [0.3, 0.4) is 0 Å². The van der Waals surface area contributed by atoms with Crippen molar-refractivity contribution >= 4 is 8.41 Å². The summed E-state index contributed by atoms with van der Waals surface area (Å²) in [5.74, 6) is 0. The van der Waals surface area contributed by atoms with Crippen LogP contribution in [0, 0.1) is 160 Å². The van der Waals surface area contributed by atoms with Crippen molar-refractivity contribution in [3.63, 3.8) is 0 Å².